The fraction of sp³-hybridized carbons (Fsp3) is 0.118. The Hall–Kier alpha value is -2.95. The summed E-state index contributed by atoms with van der Waals surface area (Å²) >= 11 is 0. The van der Waals surface area contributed by atoms with Gasteiger partial charge in [0.1, 0.15) is 5.56 Å². The molecule has 2 heterocycles. The lowest BCUT2D eigenvalue weighted by Crippen LogP contribution is -2.29. The van der Waals surface area contributed by atoms with Gasteiger partial charge in [-0.25, -0.2) is 0 Å². The molecule has 0 spiro atoms. The van der Waals surface area contributed by atoms with Crippen molar-refractivity contribution in [1.82, 2.24) is 15.3 Å². The first kappa shape index (κ1) is 14.0. The maximum absolute atomic E-state index is 12.1. The molecule has 1 aromatic carbocycles. The molecular weight excluding hydrogens is 278 g/mol. The van der Waals surface area contributed by atoms with Crippen molar-refractivity contribution in [3.63, 3.8) is 0 Å². The van der Waals surface area contributed by atoms with Crippen molar-refractivity contribution in [2.75, 3.05) is 0 Å². The first-order valence-electron chi connectivity index (χ1n) is 6.96. The zero-order valence-electron chi connectivity index (χ0n) is 12.1. The molecule has 22 heavy (non-hydrogen) atoms. The molecule has 0 unspecified atom stereocenters. The van der Waals surface area contributed by atoms with E-state index in [9.17, 15) is 9.59 Å². The summed E-state index contributed by atoms with van der Waals surface area (Å²) in [6.07, 6.45) is 1.71. The maximum Gasteiger partial charge on any atom is 0.260 e. The molecule has 110 valence electrons. The number of aromatic amines is 1. The summed E-state index contributed by atoms with van der Waals surface area (Å²) in [4.78, 5) is 30.8. The minimum absolute atomic E-state index is 0.103. The van der Waals surface area contributed by atoms with Crippen LogP contribution in [0, 0.1) is 6.92 Å². The number of nitrogens with zero attached hydrogens (tertiary/aromatic N) is 1. The van der Waals surface area contributed by atoms with Gasteiger partial charge in [-0.05, 0) is 30.5 Å². The molecule has 0 aliphatic carbocycles. The first-order chi connectivity index (χ1) is 10.6. The van der Waals surface area contributed by atoms with Crippen molar-refractivity contribution >= 4 is 16.7 Å². The molecule has 3 aromatic rings. The van der Waals surface area contributed by atoms with Crippen LogP contribution in [0.2, 0.25) is 0 Å². The number of benzene rings is 1. The van der Waals surface area contributed by atoms with Gasteiger partial charge in [0.25, 0.3) is 11.5 Å². The van der Waals surface area contributed by atoms with Crippen LogP contribution < -0.4 is 10.9 Å². The van der Waals surface area contributed by atoms with Gasteiger partial charge in [-0.3, -0.25) is 14.6 Å². The van der Waals surface area contributed by atoms with E-state index in [4.69, 9.17) is 0 Å². The molecule has 5 nitrogen and oxygen atoms in total. The quantitative estimate of drug-likeness (QED) is 0.777. The molecule has 0 aliphatic rings. The number of nitrogens with one attached hydrogen (secondary N) is 2. The largest absolute Gasteiger partial charge is 0.346 e. The number of amides is 1. The Morgan fingerprint density at radius 1 is 1.18 bits per heavy atom. The number of hydrogen-bond acceptors (Lipinski definition) is 3. The zero-order chi connectivity index (χ0) is 15.5. The predicted octanol–water partition coefficient (Wildman–Crippen LogP) is 2.16. The number of aryl methyl sites for hydroxylation is 1. The molecule has 2 N–H and O–H groups in total. The molecule has 3 rings (SSSR count). The van der Waals surface area contributed by atoms with E-state index >= 15 is 0 Å². The molecule has 0 bridgehead atoms. The van der Waals surface area contributed by atoms with Crippen LogP contribution >= 0.6 is 0 Å². The third kappa shape index (κ3) is 2.74. The van der Waals surface area contributed by atoms with E-state index in [0.717, 1.165) is 22.2 Å². The number of aromatic nitrogens is 2. The van der Waals surface area contributed by atoms with Crippen molar-refractivity contribution < 1.29 is 4.79 Å². The number of carbonyl (C=O) groups is 1. The average molecular weight is 293 g/mol. The van der Waals surface area contributed by atoms with Gasteiger partial charge in [0.15, 0.2) is 0 Å². The van der Waals surface area contributed by atoms with E-state index in [1.165, 1.54) is 6.07 Å². The van der Waals surface area contributed by atoms with Crippen LogP contribution in [0.25, 0.3) is 10.8 Å². The van der Waals surface area contributed by atoms with Gasteiger partial charge in [-0.2, -0.15) is 0 Å². The molecular formula is C17H15N3O2. The zero-order valence-corrected chi connectivity index (χ0v) is 12.1. The SMILES string of the molecule is Cc1ccc(C(=O)NCc2nccc3ccccc23)c(=O)[nH]1. The minimum Gasteiger partial charge on any atom is -0.346 e. The number of pyridine rings is 2. The van der Waals surface area contributed by atoms with Crippen LogP contribution in [-0.4, -0.2) is 15.9 Å². The van der Waals surface area contributed by atoms with Crippen LogP contribution in [0.1, 0.15) is 21.7 Å². The second-order valence-corrected chi connectivity index (χ2v) is 5.05. The summed E-state index contributed by atoms with van der Waals surface area (Å²) in [5, 5.41) is 4.80. The number of carbonyl (C=O) groups excluding carboxylic acids is 1. The molecule has 1 amide bonds. The van der Waals surface area contributed by atoms with Gasteiger partial charge in [-0.1, -0.05) is 24.3 Å². The van der Waals surface area contributed by atoms with Gasteiger partial charge in [0.2, 0.25) is 0 Å². The average Bonchev–Trinajstić information content (AvgIpc) is 2.52. The number of fused-ring (bicyclic) bond motifs is 1. The Morgan fingerprint density at radius 2 is 2.00 bits per heavy atom. The normalized spacial score (nSPS) is 10.6. The fourth-order valence-electron chi connectivity index (χ4n) is 2.33. The maximum atomic E-state index is 12.1. The predicted molar refractivity (Wildman–Crippen MR) is 84.7 cm³/mol. The standard InChI is InChI=1S/C17H15N3O2/c1-11-6-7-14(17(22)20-11)16(21)19-10-15-13-5-3-2-4-12(13)8-9-18-15/h2-9H,10H2,1H3,(H,19,21)(H,20,22). The first-order valence-corrected chi connectivity index (χ1v) is 6.96. The van der Waals surface area contributed by atoms with Gasteiger partial charge in [0, 0.05) is 17.3 Å². The fourth-order valence-corrected chi connectivity index (χ4v) is 2.33. The Balaban J connectivity index is 1.82. The van der Waals surface area contributed by atoms with Gasteiger partial charge >= 0.3 is 0 Å². The van der Waals surface area contributed by atoms with Gasteiger partial charge in [-0.15, -0.1) is 0 Å². The molecule has 0 radical (unpaired) electrons. The summed E-state index contributed by atoms with van der Waals surface area (Å²) in [5.41, 5.74) is 1.21. The highest BCUT2D eigenvalue weighted by molar-refractivity contribution is 5.94. The molecule has 5 heteroatoms. The van der Waals surface area contributed by atoms with Crippen molar-refractivity contribution in [3.8, 4) is 0 Å². The van der Waals surface area contributed by atoms with E-state index < -0.39 is 5.91 Å². The monoisotopic (exact) mass is 293 g/mol. The van der Waals surface area contributed by atoms with Crippen molar-refractivity contribution in [2.24, 2.45) is 0 Å². The van der Waals surface area contributed by atoms with Gasteiger partial charge in [0.05, 0.1) is 12.2 Å². The van der Waals surface area contributed by atoms with Crippen LogP contribution in [-0.2, 0) is 6.54 Å². The summed E-state index contributed by atoms with van der Waals surface area (Å²) < 4.78 is 0. The smallest absolute Gasteiger partial charge is 0.260 e. The number of hydrogen-bond donors (Lipinski definition) is 2. The van der Waals surface area contributed by atoms with Crippen molar-refractivity contribution in [1.29, 1.82) is 0 Å². The molecule has 0 saturated heterocycles. The molecule has 0 aliphatic heterocycles. The van der Waals surface area contributed by atoms with Crippen LogP contribution in [0.5, 0.6) is 0 Å². The van der Waals surface area contributed by atoms with Crippen molar-refractivity contribution in [3.05, 3.63) is 76.0 Å². The van der Waals surface area contributed by atoms with E-state index in [1.807, 2.05) is 30.3 Å². The van der Waals surface area contributed by atoms with Crippen molar-refractivity contribution in [2.45, 2.75) is 13.5 Å². The van der Waals surface area contributed by atoms with E-state index in [-0.39, 0.29) is 17.7 Å². The molecule has 0 saturated carbocycles. The molecule has 0 atom stereocenters. The highest BCUT2D eigenvalue weighted by atomic mass is 16.2. The summed E-state index contributed by atoms with van der Waals surface area (Å²) in [6.45, 7) is 2.04. The Labute approximate surface area is 127 Å². The molecule has 2 aromatic heterocycles. The summed E-state index contributed by atoms with van der Waals surface area (Å²) in [7, 11) is 0. The number of H-pyrrole nitrogens is 1. The van der Waals surface area contributed by atoms with E-state index in [1.54, 1.807) is 19.2 Å². The second-order valence-electron chi connectivity index (χ2n) is 5.05. The highest BCUT2D eigenvalue weighted by Crippen LogP contribution is 2.15. The van der Waals surface area contributed by atoms with E-state index in [2.05, 4.69) is 15.3 Å². The lowest BCUT2D eigenvalue weighted by Gasteiger charge is -2.07. The van der Waals surface area contributed by atoms with Crippen LogP contribution in [0.3, 0.4) is 0 Å². The Bertz CT molecular complexity index is 894. The third-order valence-electron chi connectivity index (χ3n) is 3.47. The summed E-state index contributed by atoms with van der Waals surface area (Å²) in [5.74, 6) is -0.406. The lowest BCUT2D eigenvalue weighted by molar-refractivity contribution is 0.0949. The van der Waals surface area contributed by atoms with Crippen LogP contribution in [0.4, 0.5) is 0 Å². The van der Waals surface area contributed by atoms with Gasteiger partial charge < -0.3 is 10.3 Å². The second kappa shape index (κ2) is 5.81. The lowest BCUT2D eigenvalue weighted by atomic mass is 10.1. The molecule has 0 fully saturated rings. The minimum atomic E-state index is -0.406. The Morgan fingerprint density at radius 3 is 2.82 bits per heavy atom. The third-order valence-corrected chi connectivity index (χ3v) is 3.47. The summed E-state index contributed by atoms with van der Waals surface area (Å²) in [6, 6.07) is 13.0. The van der Waals surface area contributed by atoms with Crippen LogP contribution in [0.15, 0.2) is 53.5 Å². The Kier molecular flexibility index (Phi) is 3.70. The van der Waals surface area contributed by atoms with E-state index in [0.29, 0.717) is 0 Å². The highest BCUT2D eigenvalue weighted by Gasteiger charge is 2.11. The number of rotatable bonds is 3. The topological polar surface area (TPSA) is 74.8 Å².